The Labute approximate surface area is 254 Å². The number of hydrogen-bond acceptors (Lipinski definition) is 3. The normalized spacial score (nSPS) is 28.2. The molecule has 0 spiro atoms. The van der Waals surface area contributed by atoms with Crippen LogP contribution in [0.15, 0.2) is 24.3 Å². The summed E-state index contributed by atoms with van der Waals surface area (Å²) in [7, 11) is 0. The van der Waals surface area contributed by atoms with E-state index in [0.717, 1.165) is 18.8 Å². The SMILES string of the molecule is CCCCCC1CCC(C2COC(c3cc(F)c(C4CCC(C(F)(F)Oc5cc(F)c(F)c(F)c5)CC4)c(F)c3)OC2)CC1. The van der Waals surface area contributed by atoms with E-state index in [1.54, 1.807) is 0 Å². The molecule has 3 nitrogen and oxygen atoms in total. The summed E-state index contributed by atoms with van der Waals surface area (Å²) in [6.07, 6.45) is 5.04. The smallest absolute Gasteiger partial charge is 0.400 e. The van der Waals surface area contributed by atoms with E-state index in [0.29, 0.717) is 31.3 Å². The lowest BCUT2D eigenvalue weighted by Gasteiger charge is -2.38. The van der Waals surface area contributed by atoms with Crippen LogP contribution in [0.2, 0.25) is 0 Å². The van der Waals surface area contributed by atoms with Crippen LogP contribution >= 0.6 is 0 Å². The number of unbranched alkanes of at least 4 members (excludes halogenated alkanes) is 2. The molecular formula is C34H41F7O3. The molecule has 0 atom stereocenters. The molecule has 0 radical (unpaired) electrons. The van der Waals surface area contributed by atoms with E-state index < -0.39 is 59.1 Å². The van der Waals surface area contributed by atoms with Gasteiger partial charge in [0.2, 0.25) is 0 Å². The van der Waals surface area contributed by atoms with Crippen LogP contribution in [0.1, 0.15) is 107 Å². The highest BCUT2D eigenvalue weighted by Crippen LogP contribution is 2.45. The summed E-state index contributed by atoms with van der Waals surface area (Å²) >= 11 is 0. The van der Waals surface area contributed by atoms with Gasteiger partial charge in [-0.1, -0.05) is 45.4 Å². The minimum Gasteiger partial charge on any atom is -0.432 e. The van der Waals surface area contributed by atoms with Gasteiger partial charge in [-0.05, 0) is 68.4 Å². The number of benzene rings is 2. The molecule has 2 aromatic rings. The fourth-order valence-corrected chi connectivity index (χ4v) is 7.29. The molecule has 0 aromatic heterocycles. The van der Waals surface area contributed by atoms with Crippen LogP contribution in [0.25, 0.3) is 0 Å². The van der Waals surface area contributed by atoms with E-state index in [2.05, 4.69) is 11.7 Å². The van der Waals surface area contributed by atoms with Crippen molar-refractivity contribution in [3.63, 3.8) is 0 Å². The van der Waals surface area contributed by atoms with Gasteiger partial charge < -0.3 is 14.2 Å². The molecule has 2 aliphatic carbocycles. The minimum atomic E-state index is -3.82. The Balaban J connectivity index is 1.12. The second-order valence-corrected chi connectivity index (χ2v) is 12.8. The van der Waals surface area contributed by atoms with Crippen molar-refractivity contribution in [2.45, 2.75) is 102 Å². The highest BCUT2D eigenvalue weighted by Gasteiger charge is 2.45. The maximum absolute atomic E-state index is 15.3. The Morgan fingerprint density at radius 1 is 0.727 bits per heavy atom. The Bertz CT molecular complexity index is 1200. The van der Waals surface area contributed by atoms with Crippen LogP contribution in [0, 0.1) is 52.8 Å². The maximum atomic E-state index is 15.3. The Morgan fingerprint density at radius 2 is 1.32 bits per heavy atom. The number of alkyl halides is 2. The minimum absolute atomic E-state index is 0.0574. The van der Waals surface area contributed by atoms with Gasteiger partial charge in [0.05, 0.1) is 19.1 Å². The zero-order valence-electron chi connectivity index (χ0n) is 25.0. The van der Waals surface area contributed by atoms with Crippen molar-refractivity contribution in [2.24, 2.45) is 23.7 Å². The first kappa shape index (κ1) is 33.0. The third kappa shape index (κ3) is 7.72. The van der Waals surface area contributed by atoms with Crippen molar-refractivity contribution >= 4 is 0 Å². The molecule has 1 saturated heterocycles. The van der Waals surface area contributed by atoms with Crippen molar-refractivity contribution in [1.29, 1.82) is 0 Å². The molecule has 0 unspecified atom stereocenters. The first-order chi connectivity index (χ1) is 21.1. The Kier molecular flexibility index (Phi) is 10.8. The first-order valence-electron chi connectivity index (χ1n) is 16.0. The standard InChI is InChI=1S/C34H41F7O3/c1-2-3-4-5-20-6-8-21(9-7-20)24-18-42-33(43-19-24)23-14-27(35)31(28(36)15-23)22-10-12-25(13-11-22)34(40,41)44-26-16-29(37)32(39)30(38)17-26/h14-17,20-22,24-25,33H,2-13,18-19H2,1H3. The lowest BCUT2D eigenvalue weighted by atomic mass is 9.74. The molecule has 0 amide bonds. The monoisotopic (exact) mass is 630 g/mol. The van der Waals surface area contributed by atoms with E-state index in [-0.39, 0.29) is 42.7 Å². The predicted octanol–water partition coefficient (Wildman–Crippen LogP) is 10.4. The average molecular weight is 631 g/mol. The van der Waals surface area contributed by atoms with Crippen LogP contribution in [0.5, 0.6) is 5.75 Å². The molecule has 3 fully saturated rings. The van der Waals surface area contributed by atoms with E-state index >= 15 is 8.78 Å². The number of rotatable bonds is 10. The zero-order chi connectivity index (χ0) is 31.4. The quantitative estimate of drug-likeness (QED) is 0.149. The van der Waals surface area contributed by atoms with Crippen LogP contribution in [-0.2, 0) is 9.47 Å². The summed E-state index contributed by atoms with van der Waals surface area (Å²) in [4.78, 5) is 0. The Hall–Kier alpha value is -2.33. The van der Waals surface area contributed by atoms with Crippen molar-refractivity contribution < 1.29 is 44.9 Å². The van der Waals surface area contributed by atoms with Gasteiger partial charge in [0.15, 0.2) is 23.7 Å². The van der Waals surface area contributed by atoms with Crippen molar-refractivity contribution in [3.05, 3.63) is 64.5 Å². The second-order valence-electron chi connectivity index (χ2n) is 12.8. The first-order valence-corrected chi connectivity index (χ1v) is 16.0. The third-order valence-corrected chi connectivity index (χ3v) is 9.89. The molecule has 44 heavy (non-hydrogen) atoms. The number of hydrogen-bond donors (Lipinski definition) is 0. The van der Waals surface area contributed by atoms with Crippen LogP contribution in [0.3, 0.4) is 0 Å². The molecular weight excluding hydrogens is 589 g/mol. The molecule has 5 rings (SSSR count). The van der Waals surface area contributed by atoms with Gasteiger partial charge in [-0.2, -0.15) is 8.78 Å². The molecule has 2 saturated carbocycles. The molecule has 10 heteroatoms. The van der Waals surface area contributed by atoms with Gasteiger partial charge in [0.1, 0.15) is 17.4 Å². The van der Waals surface area contributed by atoms with Crippen LogP contribution in [-0.4, -0.2) is 19.3 Å². The van der Waals surface area contributed by atoms with E-state index in [4.69, 9.17) is 9.47 Å². The predicted molar refractivity (Wildman–Crippen MR) is 151 cm³/mol. The largest absolute Gasteiger partial charge is 0.432 e. The molecule has 0 N–H and O–H groups in total. The number of ether oxygens (including phenoxy) is 3. The van der Waals surface area contributed by atoms with Crippen molar-refractivity contribution in [3.8, 4) is 5.75 Å². The lowest BCUT2D eigenvalue weighted by molar-refractivity contribution is -0.222. The highest BCUT2D eigenvalue weighted by molar-refractivity contribution is 5.30. The fourth-order valence-electron chi connectivity index (χ4n) is 7.29. The summed E-state index contributed by atoms with van der Waals surface area (Å²) in [5.41, 5.74) is 0.0812. The molecule has 2 aromatic carbocycles. The van der Waals surface area contributed by atoms with Gasteiger partial charge in [0.25, 0.3) is 0 Å². The van der Waals surface area contributed by atoms with Gasteiger partial charge in [-0.15, -0.1) is 0 Å². The highest BCUT2D eigenvalue weighted by atomic mass is 19.3. The molecule has 3 aliphatic rings. The molecule has 0 bridgehead atoms. The van der Waals surface area contributed by atoms with Crippen LogP contribution in [0.4, 0.5) is 30.7 Å². The van der Waals surface area contributed by atoms with Gasteiger partial charge >= 0.3 is 6.11 Å². The topological polar surface area (TPSA) is 27.7 Å². The zero-order valence-corrected chi connectivity index (χ0v) is 25.0. The summed E-state index contributed by atoms with van der Waals surface area (Å²) in [5, 5.41) is 0. The lowest BCUT2D eigenvalue weighted by Crippen LogP contribution is -2.37. The summed E-state index contributed by atoms with van der Waals surface area (Å²) in [5.74, 6) is -7.87. The molecule has 244 valence electrons. The maximum Gasteiger partial charge on any atom is 0.400 e. The van der Waals surface area contributed by atoms with Gasteiger partial charge in [0, 0.05) is 29.2 Å². The fraction of sp³-hybridized carbons (Fsp3) is 0.647. The summed E-state index contributed by atoms with van der Waals surface area (Å²) in [6.45, 7) is 3.16. The van der Waals surface area contributed by atoms with Gasteiger partial charge in [-0.25, -0.2) is 22.0 Å². The average Bonchev–Trinajstić information content (AvgIpc) is 3.00. The van der Waals surface area contributed by atoms with E-state index in [1.165, 1.54) is 50.7 Å². The number of halogens is 7. The summed E-state index contributed by atoms with van der Waals surface area (Å²) < 4.78 is 117. The summed E-state index contributed by atoms with van der Waals surface area (Å²) in [6, 6.07) is 3.11. The Morgan fingerprint density at radius 3 is 1.89 bits per heavy atom. The third-order valence-electron chi connectivity index (χ3n) is 9.89. The van der Waals surface area contributed by atoms with Crippen molar-refractivity contribution in [2.75, 3.05) is 13.2 Å². The van der Waals surface area contributed by atoms with E-state index in [9.17, 15) is 22.0 Å². The molecule has 1 aliphatic heterocycles. The van der Waals surface area contributed by atoms with Crippen molar-refractivity contribution in [1.82, 2.24) is 0 Å². The van der Waals surface area contributed by atoms with E-state index in [1.807, 2.05) is 0 Å². The van der Waals surface area contributed by atoms with Crippen LogP contribution < -0.4 is 4.74 Å². The second kappa shape index (κ2) is 14.4. The molecule has 1 heterocycles. The van der Waals surface area contributed by atoms with Gasteiger partial charge in [-0.3, -0.25) is 0 Å².